The summed E-state index contributed by atoms with van der Waals surface area (Å²) in [6.07, 6.45) is 4.30. The van der Waals surface area contributed by atoms with Gasteiger partial charge in [0.2, 0.25) is 0 Å². The number of carbonyl (C=O) groups excluding carboxylic acids is 1. The molecule has 0 bridgehead atoms. The Hall–Kier alpha value is -0.810. The second-order valence-corrected chi connectivity index (χ2v) is 6.33. The molecule has 0 spiro atoms. The Labute approximate surface area is 150 Å². The molecule has 2 unspecified atom stereocenters. The number of rotatable bonds is 14. The lowest BCUT2D eigenvalue weighted by Gasteiger charge is -2.29. The van der Waals surface area contributed by atoms with Gasteiger partial charge in [0.1, 0.15) is 0 Å². The normalized spacial score (nSPS) is 14.0. The average molecular weight is 343 g/mol. The smallest absolute Gasteiger partial charge is 0.314 e. The van der Waals surface area contributed by atoms with Gasteiger partial charge in [-0.05, 0) is 51.9 Å². The third kappa shape index (κ3) is 8.88. The summed E-state index contributed by atoms with van der Waals surface area (Å²) < 4.78 is 0. The zero-order chi connectivity index (χ0) is 18.4. The van der Waals surface area contributed by atoms with E-state index in [9.17, 15) is 4.79 Å². The van der Waals surface area contributed by atoms with E-state index in [2.05, 4.69) is 62.0 Å². The largest absolute Gasteiger partial charge is 0.338 e. The molecular formula is C19H42N4O. The Bertz CT molecular complexity index is 276. The van der Waals surface area contributed by atoms with Crippen molar-refractivity contribution in [3.05, 3.63) is 0 Å². The van der Waals surface area contributed by atoms with E-state index in [1.54, 1.807) is 0 Å². The van der Waals surface area contributed by atoms with Crippen LogP contribution in [-0.2, 0) is 0 Å². The van der Waals surface area contributed by atoms with Crippen LogP contribution in [0, 0.1) is 0 Å². The fourth-order valence-corrected chi connectivity index (χ4v) is 3.54. The lowest BCUT2D eigenvalue weighted by Crippen LogP contribution is -2.42. The van der Waals surface area contributed by atoms with Crippen LogP contribution in [-0.4, -0.2) is 67.2 Å². The molecular weight excluding hydrogens is 300 g/mol. The van der Waals surface area contributed by atoms with E-state index >= 15 is 0 Å². The summed E-state index contributed by atoms with van der Waals surface area (Å²) in [4.78, 5) is 16.9. The molecule has 0 fully saturated rings. The number of urea groups is 1. The SMILES string of the molecule is CCC(CCNC(=O)NCCC(CC)N(CC)CC)N(CC)CC. The first kappa shape index (κ1) is 23.2. The van der Waals surface area contributed by atoms with Gasteiger partial charge in [0, 0.05) is 25.2 Å². The molecule has 2 N–H and O–H groups in total. The van der Waals surface area contributed by atoms with Crippen LogP contribution in [0.2, 0.25) is 0 Å². The molecule has 0 aromatic carbocycles. The lowest BCUT2D eigenvalue weighted by atomic mass is 10.1. The first-order valence-corrected chi connectivity index (χ1v) is 10.1. The van der Waals surface area contributed by atoms with Gasteiger partial charge in [-0.3, -0.25) is 0 Å². The second-order valence-electron chi connectivity index (χ2n) is 6.33. The monoisotopic (exact) mass is 342 g/mol. The minimum absolute atomic E-state index is 0.0289. The summed E-state index contributed by atoms with van der Waals surface area (Å²) in [5, 5.41) is 6.02. The van der Waals surface area contributed by atoms with Gasteiger partial charge in [-0.1, -0.05) is 41.5 Å². The Morgan fingerprint density at radius 2 is 1.04 bits per heavy atom. The molecule has 144 valence electrons. The molecule has 0 aromatic heterocycles. The summed E-state index contributed by atoms with van der Waals surface area (Å²) in [7, 11) is 0. The summed E-state index contributed by atoms with van der Waals surface area (Å²) >= 11 is 0. The predicted molar refractivity (Wildman–Crippen MR) is 105 cm³/mol. The van der Waals surface area contributed by atoms with Crippen molar-refractivity contribution in [2.45, 2.75) is 79.3 Å². The van der Waals surface area contributed by atoms with E-state index in [0.717, 1.165) is 65.0 Å². The van der Waals surface area contributed by atoms with Crippen LogP contribution in [0.1, 0.15) is 67.2 Å². The van der Waals surface area contributed by atoms with E-state index in [-0.39, 0.29) is 6.03 Å². The quantitative estimate of drug-likeness (QED) is 0.509. The minimum atomic E-state index is -0.0289. The van der Waals surface area contributed by atoms with Gasteiger partial charge in [-0.2, -0.15) is 0 Å². The maximum atomic E-state index is 12.0. The van der Waals surface area contributed by atoms with Crippen molar-refractivity contribution >= 4 is 6.03 Å². The molecule has 0 saturated heterocycles. The van der Waals surface area contributed by atoms with E-state index in [4.69, 9.17) is 0 Å². The average Bonchev–Trinajstić information content (AvgIpc) is 2.60. The van der Waals surface area contributed by atoms with Crippen molar-refractivity contribution < 1.29 is 4.79 Å². The second kappa shape index (κ2) is 14.5. The van der Waals surface area contributed by atoms with Crippen molar-refractivity contribution in [3.8, 4) is 0 Å². The Kier molecular flexibility index (Phi) is 14.0. The highest BCUT2D eigenvalue weighted by atomic mass is 16.2. The molecule has 0 radical (unpaired) electrons. The molecule has 5 nitrogen and oxygen atoms in total. The van der Waals surface area contributed by atoms with Gasteiger partial charge >= 0.3 is 6.03 Å². The van der Waals surface area contributed by atoms with Gasteiger partial charge in [0.25, 0.3) is 0 Å². The first-order chi connectivity index (χ1) is 11.6. The highest BCUT2D eigenvalue weighted by molar-refractivity contribution is 5.73. The number of nitrogens with zero attached hydrogens (tertiary/aromatic N) is 2. The van der Waals surface area contributed by atoms with Crippen molar-refractivity contribution in [2.24, 2.45) is 0 Å². The number of hydrogen-bond donors (Lipinski definition) is 2. The third-order valence-electron chi connectivity index (χ3n) is 5.13. The highest BCUT2D eigenvalue weighted by Gasteiger charge is 2.15. The summed E-state index contributed by atoms with van der Waals surface area (Å²) in [6.45, 7) is 19.0. The maximum absolute atomic E-state index is 12.0. The molecule has 0 aromatic rings. The standard InChI is InChI=1S/C19H42N4O/c1-7-17(22(9-3)10-4)13-15-20-19(24)21-16-14-18(8-2)23(11-5)12-6/h17-18H,7-16H2,1-6H3,(H2,20,21,24). The Morgan fingerprint density at radius 1 is 0.708 bits per heavy atom. The number of amides is 2. The van der Waals surface area contributed by atoms with Crippen LogP contribution in [0.5, 0.6) is 0 Å². The van der Waals surface area contributed by atoms with Crippen LogP contribution in [0.25, 0.3) is 0 Å². The minimum Gasteiger partial charge on any atom is -0.338 e. The van der Waals surface area contributed by atoms with Crippen LogP contribution < -0.4 is 10.6 Å². The van der Waals surface area contributed by atoms with E-state index < -0.39 is 0 Å². The van der Waals surface area contributed by atoms with Crippen molar-refractivity contribution in [1.82, 2.24) is 20.4 Å². The fraction of sp³-hybridized carbons (Fsp3) is 0.947. The van der Waals surface area contributed by atoms with Crippen molar-refractivity contribution in [3.63, 3.8) is 0 Å². The Morgan fingerprint density at radius 3 is 1.29 bits per heavy atom. The van der Waals surface area contributed by atoms with Gasteiger partial charge in [0.05, 0.1) is 0 Å². The van der Waals surface area contributed by atoms with E-state index in [0.29, 0.717) is 12.1 Å². The summed E-state index contributed by atoms with van der Waals surface area (Å²) in [6, 6.07) is 1.10. The summed E-state index contributed by atoms with van der Waals surface area (Å²) in [5.74, 6) is 0. The van der Waals surface area contributed by atoms with Gasteiger partial charge in [-0.25, -0.2) is 4.79 Å². The molecule has 24 heavy (non-hydrogen) atoms. The molecule has 2 amide bonds. The third-order valence-corrected chi connectivity index (χ3v) is 5.13. The number of hydrogen-bond acceptors (Lipinski definition) is 3. The van der Waals surface area contributed by atoms with E-state index in [1.807, 2.05) is 0 Å². The fourth-order valence-electron chi connectivity index (χ4n) is 3.54. The summed E-state index contributed by atoms with van der Waals surface area (Å²) in [5.41, 5.74) is 0. The number of carbonyl (C=O) groups is 1. The van der Waals surface area contributed by atoms with Crippen LogP contribution in [0.4, 0.5) is 4.79 Å². The zero-order valence-electron chi connectivity index (χ0n) is 17.0. The number of nitrogens with one attached hydrogen (secondary N) is 2. The first-order valence-electron chi connectivity index (χ1n) is 10.1. The lowest BCUT2D eigenvalue weighted by molar-refractivity contribution is 0.194. The molecule has 2 atom stereocenters. The zero-order valence-corrected chi connectivity index (χ0v) is 17.0. The maximum Gasteiger partial charge on any atom is 0.314 e. The van der Waals surface area contributed by atoms with Crippen molar-refractivity contribution in [1.29, 1.82) is 0 Å². The topological polar surface area (TPSA) is 47.6 Å². The van der Waals surface area contributed by atoms with Gasteiger partial charge in [-0.15, -0.1) is 0 Å². The molecule has 0 heterocycles. The molecule has 0 saturated carbocycles. The molecule has 5 heteroatoms. The van der Waals surface area contributed by atoms with E-state index in [1.165, 1.54) is 0 Å². The molecule has 0 rings (SSSR count). The molecule has 0 aliphatic rings. The Balaban J connectivity index is 4.01. The van der Waals surface area contributed by atoms with Crippen LogP contribution in [0.15, 0.2) is 0 Å². The van der Waals surface area contributed by atoms with Gasteiger partial charge in [0.15, 0.2) is 0 Å². The van der Waals surface area contributed by atoms with Crippen molar-refractivity contribution in [2.75, 3.05) is 39.3 Å². The molecule has 0 aliphatic carbocycles. The van der Waals surface area contributed by atoms with Crippen LogP contribution in [0.3, 0.4) is 0 Å². The molecule has 0 aliphatic heterocycles. The predicted octanol–water partition coefficient (Wildman–Crippen LogP) is 3.31. The highest BCUT2D eigenvalue weighted by Crippen LogP contribution is 2.08. The van der Waals surface area contributed by atoms with Gasteiger partial charge < -0.3 is 20.4 Å². The van der Waals surface area contributed by atoms with Crippen LogP contribution >= 0.6 is 0 Å².